The van der Waals surface area contributed by atoms with Crippen LogP contribution in [-0.2, 0) is 5.41 Å². The van der Waals surface area contributed by atoms with Gasteiger partial charge in [0, 0.05) is 28.2 Å². The number of nitrogens with one attached hydrogen (secondary N) is 1. The summed E-state index contributed by atoms with van der Waals surface area (Å²) in [4.78, 5) is 5.42. The normalized spacial score (nSPS) is 17.9. The van der Waals surface area contributed by atoms with Crippen LogP contribution < -0.4 is 5.32 Å². The maximum atomic E-state index is 5.42. The molecule has 2 heterocycles. The second kappa shape index (κ2) is 11.2. The van der Waals surface area contributed by atoms with E-state index in [4.69, 9.17) is 4.99 Å². The highest BCUT2D eigenvalue weighted by Gasteiger charge is 2.42. The third-order valence-electron chi connectivity index (χ3n) is 9.85. The molecule has 0 spiro atoms. The van der Waals surface area contributed by atoms with Crippen LogP contribution in [0.4, 0.5) is 5.69 Å². The number of hydrogen-bond acceptors (Lipinski definition) is 2. The molecule has 0 saturated carbocycles. The molecule has 0 fully saturated rings. The SMILES string of the molecule is C=C(NC(C)c1ccccc1)c1cccc(-n2c3ccccc3c3cc4c(cc32)C(C)(c2ccccc2)C(C2=CC=CCC2)=N4)c1. The minimum atomic E-state index is -0.364. The van der Waals surface area contributed by atoms with Crippen molar-refractivity contribution in [2.75, 3.05) is 0 Å². The lowest BCUT2D eigenvalue weighted by Crippen LogP contribution is -2.32. The Balaban J connectivity index is 1.29. The van der Waals surface area contributed by atoms with E-state index in [0.717, 1.165) is 35.5 Å². The third kappa shape index (κ3) is 4.54. The summed E-state index contributed by atoms with van der Waals surface area (Å²) < 4.78 is 2.41. The number of fused-ring (bicyclic) bond motifs is 4. The monoisotopic (exact) mass is 595 g/mol. The highest BCUT2D eigenvalue weighted by Crippen LogP contribution is 2.50. The Morgan fingerprint density at radius 2 is 1.59 bits per heavy atom. The second-order valence-corrected chi connectivity index (χ2v) is 12.7. The van der Waals surface area contributed by atoms with Gasteiger partial charge in [-0.1, -0.05) is 116 Å². The molecule has 1 aliphatic carbocycles. The molecule has 1 aromatic heterocycles. The van der Waals surface area contributed by atoms with Crippen molar-refractivity contribution in [3.63, 3.8) is 0 Å². The lowest BCUT2D eigenvalue weighted by Gasteiger charge is -2.30. The molecule has 1 N–H and O–H groups in total. The maximum absolute atomic E-state index is 5.42. The molecule has 3 nitrogen and oxygen atoms in total. The van der Waals surface area contributed by atoms with E-state index in [1.54, 1.807) is 0 Å². The molecule has 0 amide bonds. The fourth-order valence-electron chi connectivity index (χ4n) is 7.39. The molecule has 46 heavy (non-hydrogen) atoms. The van der Waals surface area contributed by atoms with Crippen LogP contribution in [0, 0.1) is 0 Å². The average molecular weight is 596 g/mol. The van der Waals surface area contributed by atoms with E-state index in [1.807, 2.05) is 0 Å². The van der Waals surface area contributed by atoms with Crippen LogP contribution >= 0.6 is 0 Å². The Morgan fingerprint density at radius 1 is 0.826 bits per heavy atom. The van der Waals surface area contributed by atoms with Gasteiger partial charge in [0.15, 0.2) is 0 Å². The lowest BCUT2D eigenvalue weighted by molar-refractivity contribution is 0.702. The van der Waals surface area contributed by atoms with Gasteiger partial charge in [-0.2, -0.15) is 0 Å². The van der Waals surface area contributed by atoms with E-state index >= 15 is 0 Å². The van der Waals surface area contributed by atoms with Gasteiger partial charge in [-0.15, -0.1) is 0 Å². The van der Waals surface area contributed by atoms with Gasteiger partial charge in [-0.3, -0.25) is 4.99 Å². The number of aliphatic imine (C=N–C) groups is 1. The molecule has 6 aromatic rings. The summed E-state index contributed by atoms with van der Waals surface area (Å²) in [5.41, 5.74) is 12.4. The number of rotatable bonds is 7. The third-order valence-corrected chi connectivity index (χ3v) is 9.85. The standard InChI is InChI=1S/C43H37N3/c1-29(31-16-7-4-8-17-31)44-30(2)33-20-15-23-35(26-33)46-40-25-14-13-24-36(40)37-27-39-38(28-41(37)46)43(3,34-21-11-6-12-22-34)42(45-39)32-18-9-5-10-19-32/h4-9,11-18,20-29,44H,2,10,19H2,1,3H3. The molecule has 2 aliphatic rings. The van der Waals surface area contributed by atoms with Crippen molar-refractivity contribution in [3.05, 3.63) is 174 Å². The largest absolute Gasteiger partial charge is 0.379 e. The molecule has 2 unspecified atom stereocenters. The van der Waals surface area contributed by atoms with Crippen LogP contribution in [0.5, 0.6) is 0 Å². The second-order valence-electron chi connectivity index (χ2n) is 12.7. The van der Waals surface area contributed by atoms with Crippen molar-refractivity contribution in [2.45, 2.75) is 38.1 Å². The van der Waals surface area contributed by atoms with E-state index in [0.29, 0.717) is 0 Å². The maximum Gasteiger partial charge on any atom is 0.0686 e. The zero-order valence-corrected chi connectivity index (χ0v) is 26.4. The Hall–Kier alpha value is -5.41. The van der Waals surface area contributed by atoms with Crippen molar-refractivity contribution < 1.29 is 0 Å². The van der Waals surface area contributed by atoms with Crippen molar-refractivity contribution >= 4 is 38.9 Å². The molecule has 5 aromatic carbocycles. The minimum Gasteiger partial charge on any atom is -0.379 e. The first kappa shape index (κ1) is 28.1. The number of benzene rings is 5. The molecule has 0 radical (unpaired) electrons. The van der Waals surface area contributed by atoms with E-state index in [2.05, 4.69) is 170 Å². The van der Waals surface area contributed by atoms with Gasteiger partial charge in [0.25, 0.3) is 0 Å². The summed E-state index contributed by atoms with van der Waals surface area (Å²) in [6, 6.07) is 43.7. The number of hydrogen-bond donors (Lipinski definition) is 1. The van der Waals surface area contributed by atoms with Crippen LogP contribution in [0.2, 0.25) is 0 Å². The fraction of sp³-hybridized carbons (Fsp3) is 0.140. The summed E-state index contributed by atoms with van der Waals surface area (Å²) in [6.45, 7) is 8.98. The van der Waals surface area contributed by atoms with Gasteiger partial charge >= 0.3 is 0 Å². The van der Waals surface area contributed by atoms with Gasteiger partial charge < -0.3 is 9.88 Å². The predicted molar refractivity (Wildman–Crippen MR) is 194 cm³/mol. The molecule has 0 saturated heterocycles. The molecule has 8 rings (SSSR count). The first-order valence-electron chi connectivity index (χ1n) is 16.2. The van der Waals surface area contributed by atoms with Gasteiger partial charge in [0.2, 0.25) is 0 Å². The Morgan fingerprint density at radius 3 is 2.37 bits per heavy atom. The Bertz CT molecular complexity index is 2220. The number of para-hydroxylation sites is 1. The highest BCUT2D eigenvalue weighted by molar-refractivity contribution is 6.18. The first-order chi connectivity index (χ1) is 22.5. The topological polar surface area (TPSA) is 29.3 Å². The van der Waals surface area contributed by atoms with Crippen LogP contribution in [0.3, 0.4) is 0 Å². The molecular weight excluding hydrogens is 558 g/mol. The van der Waals surface area contributed by atoms with Crippen molar-refractivity contribution in [3.8, 4) is 5.69 Å². The van der Waals surface area contributed by atoms with Crippen molar-refractivity contribution in [1.29, 1.82) is 0 Å². The molecular formula is C43H37N3. The number of allylic oxidation sites excluding steroid dienone is 4. The fourth-order valence-corrected chi connectivity index (χ4v) is 7.39. The summed E-state index contributed by atoms with van der Waals surface area (Å²) in [5, 5.41) is 6.07. The molecule has 3 heteroatoms. The summed E-state index contributed by atoms with van der Waals surface area (Å²) in [5.74, 6) is 0. The predicted octanol–water partition coefficient (Wildman–Crippen LogP) is 10.8. The number of nitrogens with zero attached hydrogens (tertiary/aromatic N) is 2. The summed E-state index contributed by atoms with van der Waals surface area (Å²) in [7, 11) is 0. The first-order valence-corrected chi connectivity index (χ1v) is 16.2. The molecule has 1 aliphatic heterocycles. The van der Waals surface area contributed by atoms with Gasteiger partial charge in [0.1, 0.15) is 0 Å². The smallest absolute Gasteiger partial charge is 0.0686 e. The van der Waals surface area contributed by atoms with E-state index in [-0.39, 0.29) is 11.5 Å². The van der Waals surface area contributed by atoms with Gasteiger partial charge in [-0.25, -0.2) is 0 Å². The zero-order chi connectivity index (χ0) is 31.3. The quantitative estimate of drug-likeness (QED) is 0.195. The van der Waals surface area contributed by atoms with Crippen LogP contribution in [-0.4, -0.2) is 10.3 Å². The van der Waals surface area contributed by atoms with E-state index in [9.17, 15) is 0 Å². The van der Waals surface area contributed by atoms with Gasteiger partial charge in [0.05, 0.1) is 27.8 Å². The number of aromatic nitrogens is 1. The molecule has 2 atom stereocenters. The highest BCUT2D eigenvalue weighted by atomic mass is 15.0. The van der Waals surface area contributed by atoms with Gasteiger partial charge in [-0.05, 0) is 84.8 Å². The Labute approximate surface area is 270 Å². The van der Waals surface area contributed by atoms with Crippen LogP contribution in [0.25, 0.3) is 33.2 Å². The Kier molecular flexibility index (Phi) is 6.83. The van der Waals surface area contributed by atoms with Crippen LogP contribution in [0.1, 0.15) is 55.0 Å². The summed E-state index contributed by atoms with van der Waals surface area (Å²) in [6.07, 6.45) is 8.74. The van der Waals surface area contributed by atoms with E-state index in [1.165, 1.54) is 49.8 Å². The minimum absolute atomic E-state index is 0.146. The lowest BCUT2D eigenvalue weighted by atomic mass is 9.70. The summed E-state index contributed by atoms with van der Waals surface area (Å²) >= 11 is 0. The van der Waals surface area contributed by atoms with Crippen LogP contribution in [0.15, 0.2) is 157 Å². The van der Waals surface area contributed by atoms with E-state index < -0.39 is 0 Å². The van der Waals surface area contributed by atoms with Crippen molar-refractivity contribution in [2.24, 2.45) is 4.99 Å². The molecule has 224 valence electrons. The average Bonchev–Trinajstić information content (AvgIpc) is 3.60. The zero-order valence-electron chi connectivity index (χ0n) is 26.4. The van der Waals surface area contributed by atoms with Crippen molar-refractivity contribution in [1.82, 2.24) is 9.88 Å². The molecule has 0 bridgehead atoms.